The fourth-order valence-electron chi connectivity index (χ4n) is 1.51. The van der Waals surface area contributed by atoms with E-state index in [9.17, 15) is 8.78 Å². The highest BCUT2D eigenvalue weighted by molar-refractivity contribution is 5.25. The predicted octanol–water partition coefficient (Wildman–Crippen LogP) is 2.86. The van der Waals surface area contributed by atoms with Gasteiger partial charge in [-0.1, -0.05) is 0 Å². The first-order chi connectivity index (χ1) is 8.69. The number of hydrogen-bond donors (Lipinski definition) is 1. The molecule has 2 rings (SSSR count). The lowest BCUT2D eigenvalue weighted by Gasteiger charge is -2.05. The molecule has 3 nitrogen and oxygen atoms in total. The fourth-order valence-corrected chi connectivity index (χ4v) is 1.51. The van der Waals surface area contributed by atoms with Crippen LogP contribution in [0.15, 0.2) is 34.7 Å². The molecule has 0 spiro atoms. The number of hydrogen-bond acceptors (Lipinski definition) is 3. The van der Waals surface area contributed by atoms with E-state index in [1.54, 1.807) is 19.2 Å². The third kappa shape index (κ3) is 3.07. The van der Waals surface area contributed by atoms with E-state index in [4.69, 9.17) is 9.15 Å². The maximum Gasteiger partial charge on any atom is 0.165 e. The van der Waals surface area contributed by atoms with E-state index in [2.05, 4.69) is 5.32 Å². The molecule has 0 saturated heterocycles. The maximum absolute atomic E-state index is 13.3. The van der Waals surface area contributed by atoms with Gasteiger partial charge in [-0.25, -0.2) is 8.78 Å². The fraction of sp³-hybridized carbons (Fsp3) is 0.231. The van der Waals surface area contributed by atoms with Gasteiger partial charge >= 0.3 is 0 Å². The number of halogens is 2. The van der Waals surface area contributed by atoms with Gasteiger partial charge < -0.3 is 14.5 Å². The molecule has 1 N–H and O–H groups in total. The van der Waals surface area contributed by atoms with Gasteiger partial charge in [-0.3, -0.25) is 0 Å². The quantitative estimate of drug-likeness (QED) is 0.889. The van der Waals surface area contributed by atoms with Crippen molar-refractivity contribution in [3.05, 3.63) is 53.5 Å². The smallest absolute Gasteiger partial charge is 0.165 e. The summed E-state index contributed by atoms with van der Waals surface area (Å²) in [5, 5.41) is 2.94. The Hall–Kier alpha value is -1.88. The molecule has 0 aliphatic carbocycles. The molecular formula is C13H13F2NO2. The van der Waals surface area contributed by atoms with Crippen molar-refractivity contribution in [3.63, 3.8) is 0 Å². The minimum Gasteiger partial charge on any atom is -0.482 e. The normalized spacial score (nSPS) is 10.6. The summed E-state index contributed by atoms with van der Waals surface area (Å²) >= 11 is 0. The zero-order chi connectivity index (χ0) is 13.0. The molecule has 0 aliphatic rings. The molecule has 0 radical (unpaired) electrons. The average molecular weight is 253 g/mol. The molecular weight excluding hydrogens is 240 g/mol. The summed E-state index contributed by atoms with van der Waals surface area (Å²) < 4.78 is 36.7. The van der Waals surface area contributed by atoms with Crippen molar-refractivity contribution in [3.8, 4) is 5.75 Å². The highest BCUT2D eigenvalue weighted by Gasteiger charge is 2.07. The number of furan rings is 1. The Morgan fingerprint density at radius 3 is 2.72 bits per heavy atom. The Balaban J connectivity index is 1.99. The third-order valence-electron chi connectivity index (χ3n) is 2.33. The molecule has 0 amide bonds. The van der Waals surface area contributed by atoms with Crippen molar-refractivity contribution < 1.29 is 17.9 Å². The largest absolute Gasteiger partial charge is 0.482 e. The monoisotopic (exact) mass is 253 g/mol. The SMILES string of the molecule is CNCc1ccc(COc2cc(F)ccc2F)o1. The summed E-state index contributed by atoms with van der Waals surface area (Å²) in [5.41, 5.74) is 0. The zero-order valence-electron chi connectivity index (χ0n) is 9.87. The summed E-state index contributed by atoms with van der Waals surface area (Å²) in [6, 6.07) is 6.62. The summed E-state index contributed by atoms with van der Waals surface area (Å²) in [5.74, 6) is 0.0569. The van der Waals surface area contributed by atoms with E-state index in [-0.39, 0.29) is 12.4 Å². The molecule has 0 unspecified atom stereocenters. The molecule has 1 aromatic heterocycles. The maximum atomic E-state index is 13.3. The molecule has 0 atom stereocenters. The Kier molecular flexibility index (Phi) is 3.94. The van der Waals surface area contributed by atoms with Gasteiger partial charge in [0.15, 0.2) is 11.6 Å². The van der Waals surface area contributed by atoms with Crippen LogP contribution in [0.4, 0.5) is 8.78 Å². The molecule has 2 aromatic rings. The van der Waals surface area contributed by atoms with Crippen LogP contribution < -0.4 is 10.1 Å². The lowest BCUT2D eigenvalue weighted by Crippen LogP contribution is -2.03. The molecule has 0 saturated carbocycles. The van der Waals surface area contributed by atoms with Crippen LogP contribution >= 0.6 is 0 Å². The van der Waals surface area contributed by atoms with E-state index in [1.807, 2.05) is 0 Å². The Morgan fingerprint density at radius 2 is 1.94 bits per heavy atom. The van der Waals surface area contributed by atoms with Crippen LogP contribution in [0.3, 0.4) is 0 Å². The molecule has 1 heterocycles. The first-order valence-corrected chi connectivity index (χ1v) is 5.49. The van der Waals surface area contributed by atoms with Crippen LogP contribution in [0.2, 0.25) is 0 Å². The number of rotatable bonds is 5. The van der Waals surface area contributed by atoms with E-state index in [0.29, 0.717) is 12.3 Å². The molecule has 0 aliphatic heterocycles. The number of benzene rings is 1. The van der Waals surface area contributed by atoms with Crippen LogP contribution in [0.25, 0.3) is 0 Å². The van der Waals surface area contributed by atoms with E-state index >= 15 is 0 Å². The predicted molar refractivity (Wildman–Crippen MR) is 62.2 cm³/mol. The Morgan fingerprint density at radius 1 is 1.17 bits per heavy atom. The minimum atomic E-state index is -0.599. The molecule has 5 heteroatoms. The van der Waals surface area contributed by atoms with Gasteiger partial charge in [-0.15, -0.1) is 0 Å². The van der Waals surface area contributed by atoms with Gasteiger partial charge in [0.1, 0.15) is 23.9 Å². The van der Waals surface area contributed by atoms with Gasteiger partial charge in [-0.05, 0) is 31.3 Å². The lowest BCUT2D eigenvalue weighted by atomic mass is 10.3. The Bertz CT molecular complexity index is 525. The van der Waals surface area contributed by atoms with E-state index in [0.717, 1.165) is 24.0 Å². The first-order valence-electron chi connectivity index (χ1n) is 5.49. The van der Waals surface area contributed by atoms with Crippen molar-refractivity contribution >= 4 is 0 Å². The van der Waals surface area contributed by atoms with Gasteiger partial charge in [0, 0.05) is 6.07 Å². The van der Waals surface area contributed by atoms with Crippen LogP contribution in [-0.4, -0.2) is 7.05 Å². The molecule has 0 fully saturated rings. The van der Waals surface area contributed by atoms with Crippen LogP contribution in [0.5, 0.6) is 5.75 Å². The second-order valence-corrected chi connectivity index (χ2v) is 3.76. The third-order valence-corrected chi connectivity index (χ3v) is 2.33. The highest BCUT2D eigenvalue weighted by atomic mass is 19.1. The number of ether oxygens (including phenoxy) is 1. The van der Waals surface area contributed by atoms with Crippen molar-refractivity contribution in [1.29, 1.82) is 0 Å². The summed E-state index contributed by atoms with van der Waals surface area (Å²) in [7, 11) is 1.81. The van der Waals surface area contributed by atoms with Crippen LogP contribution in [0, 0.1) is 11.6 Å². The van der Waals surface area contributed by atoms with Crippen molar-refractivity contribution in [1.82, 2.24) is 5.32 Å². The molecule has 18 heavy (non-hydrogen) atoms. The topological polar surface area (TPSA) is 34.4 Å². The summed E-state index contributed by atoms with van der Waals surface area (Å²) in [4.78, 5) is 0. The van der Waals surface area contributed by atoms with E-state index < -0.39 is 11.6 Å². The molecule has 96 valence electrons. The second kappa shape index (κ2) is 5.64. The van der Waals surface area contributed by atoms with Gasteiger partial charge in [0.05, 0.1) is 6.54 Å². The Labute approximate surface area is 103 Å². The second-order valence-electron chi connectivity index (χ2n) is 3.76. The van der Waals surface area contributed by atoms with E-state index in [1.165, 1.54) is 0 Å². The van der Waals surface area contributed by atoms with Crippen molar-refractivity contribution in [2.45, 2.75) is 13.2 Å². The first kappa shape index (κ1) is 12.6. The van der Waals surface area contributed by atoms with Gasteiger partial charge in [0.2, 0.25) is 0 Å². The minimum absolute atomic E-state index is 0.0596. The van der Waals surface area contributed by atoms with Crippen molar-refractivity contribution in [2.24, 2.45) is 0 Å². The average Bonchev–Trinajstić information content (AvgIpc) is 2.79. The van der Waals surface area contributed by atoms with Crippen molar-refractivity contribution in [2.75, 3.05) is 7.05 Å². The van der Waals surface area contributed by atoms with Crippen LogP contribution in [0.1, 0.15) is 11.5 Å². The molecule has 0 bridgehead atoms. The zero-order valence-corrected chi connectivity index (χ0v) is 9.87. The summed E-state index contributed by atoms with van der Waals surface area (Å²) in [6.07, 6.45) is 0. The lowest BCUT2D eigenvalue weighted by molar-refractivity contribution is 0.253. The summed E-state index contributed by atoms with van der Waals surface area (Å²) in [6.45, 7) is 0.665. The van der Waals surface area contributed by atoms with Gasteiger partial charge in [0.25, 0.3) is 0 Å². The molecule has 1 aromatic carbocycles. The standard InChI is InChI=1S/C13H13F2NO2/c1-16-7-10-3-4-11(18-10)8-17-13-6-9(14)2-5-12(13)15/h2-6,16H,7-8H2,1H3. The number of nitrogens with one attached hydrogen (secondary N) is 1. The highest BCUT2D eigenvalue weighted by Crippen LogP contribution is 2.19. The van der Waals surface area contributed by atoms with Gasteiger partial charge in [-0.2, -0.15) is 0 Å². The van der Waals surface area contributed by atoms with Crippen LogP contribution in [-0.2, 0) is 13.2 Å².